The zero-order chi connectivity index (χ0) is 25.1. The molecule has 0 unspecified atom stereocenters. The van der Waals surface area contributed by atoms with Gasteiger partial charge in [0.05, 0.1) is 28.9 Å². The van der Waals surface area contributed by atoms with Crippen LogP contribution in [-0.4, -0.2) is 44.7 Å². The van der Waals surface area contributed by atoms with Crippen molar-refractivity contribution in [3.63, 3.8) is 0 Å². The van der Waals surface area contributed by atoms with Gasteiger partial charge < -0.3 is 19.1 Å². The van der Waals surface area contributed by atoms with E-state index in [9.17, 15) is 9.90 Å². The van der Waals surface area contributed by atoms with Gasteiger partial charge >= 0.3 is 5.97 Å². The summed E-state index contributed by atoms with van der Waals surface area (Å²) in [5.74, 6) is 0.225. The summed E-state index contributed by atoms with van der Waals surface area (Å²) in [5.41, 5.74) is 5.28. The van der Waals surface area contributed by atoms with Crippen molar-refractivity contribution in [1.29, 1.82) is 0 Å². The van der Waals surface area contributed by atoms with Crippen LogP contribution in [0.1, 0.15) is 39.9 Å². The molecule has 0 spiro atoms. The summed E-state index contributed by atoms with van der Waals surface area (Å²) in [4.78, 5) is 12.9. The molecule has 0 saturated heterocycles. The zero-order valence-electron chi connectivity index (χ0n) is 20.4. The SMILES string of the molecule is CCOC(=O)c1c(C)n(Cc2ccccc2)c2ccc(OC[C@H](O)Cn3nc(C)c(Br)c3C)cc12. The van der Waals surface area contributed by atoms with E-state index < -0.39 is 6.10 Å². The molecule has 0 aliphatic rings. The van der Waals surface area contributed by atoms with E-state index in [0.29, 0.717) is 31.0 Å². The first-order valence-electron chi connectivity index (χ1n) is 11.6. The van der Waals surface area contributed by atoms with Crippen molar-refractivity contribution in [2.24, 2.45) is 0 Å². The molecule has 0 aliphatic heterocycles. The van der Waals surface area contributed by atoms with Crippen LogP contribution in [0.5, 0.6) is 5.75 Å². The molecular formula is C27H30BrN3O4. The van der Waals surface area contributed by atoms with Crippen LogP contribution in [0.3, 0.4) is 0 Å². The molecule has 1 N–H and O–H groups in total. The maximum atomic E-state index is 12.9. The van der Waals surface area contributed by atoms with Gasteiger partial charge in [0.15, 0.2) is 0 Å². The van der Waals surface area contributed by atoms with Crippen LogP contribution < -0.4 is 4.74 Å². The first kappa shape index (κ1) is 25.0. The van der Waals surface area contributed by atoms with Crippen LogP contribution in [0, 0.1) is 20.8 Å². The Morgan fingerprint density at radius 2 is 1.86 bits per heavy atom. The van der Waals surface area contributed by atoms with Crippen LogP contribution in [0.2, 0.25) is 0 Å². The first-order valence-corrected chi connectivity index (χ1v) is 12.4. The Balaban J connectivity index is 1.59. The molecule has 1 atom stereocenters. The normalized spacial score (nSPS) is 12.2. The Morgan fingerprint density at radius 3 is 2.51 bits per heavy atom. The fourth-order valence-electron chi connectivity index (χ4n) is 4.28. The van der Waals surface area contributed by atoms with E-state index in [2.05, 4.69) is 37.7 Å². The summed E-state index contributed by atoms with van der Waals surface area (Å²) in [6.07, 6.45) is -0.746. The minimum Gasteiger partial charge on any atom is -0.491 e. The number of aryl methyl sites for hydroxylation is 1. The molecule has 0 saturated carbocycles. The highest BCUT2D eigenvalue weighted by Gasteiger charge is 2.22. The number of esters is 1. The van der Waals surface area contributed by atoms with Crippen molar-refractivity contribution >= 4 is 32.8 Å². The van der Waals surface area contributed by atoms with Crippen molar-refractivity contribution in [2.45, 2.75) is 46.9 Å². The van der Waals surface area contributed by atoms with Crippen molar-refractivity contribution in [2.75, 3.05) is 13.2 Å². The third-order valence-electron chi connectivity index (χ3n) is 6.08. The number of hydrogen-bond donors (Lipinski definition) is 1. The lowest BCUT2D eigenvalue weighted by molar-refractivity contribution is 0.0527. The molecule has 4 aromatic rings. The molecule has 0 radical (unpaired) electrons. The lowest BCUT2D eigenvalue weighted by Gasteiger charge is -2.14. The van der Waals surface area contributed by atoms with Gasteiger partial charge in [-0.05, 0) is 67.4 Å². The Morgan fingerprint density at radius 1 is 1.11 bits per heavy atom. The van der Waals surface area contributed by atoms with Gasteiger partial charge in [-0.1, -0.05) is 30.3 Å². The van der Waals surface area contributed by atoms with Gasteiger partial charge in [0.25, 0.3) is 0 Å². The summed E-state index contributed by atoms with van der Waals surface area (Å²) in [6.45, 7) is 8.96. The van der Waals surface area contributed by atoms with E-state index in [4.69, 9.17) is 9.47 Å². The third kappa shape index (κ3) is 5.28. The maximum Gasteiger partial charge on any atom is 0.340 e. The van der Waals surface area contributed by atoms with E-state index in [0.717, 1.165) is 38.0 Å². The van der Waals surface area contributed by atoms with Crippen LogP contribution in [-0.2, 0) is 17.8 Å². The number of carbonyl (C=O) groups excluding carboxylic acids is 1. The fraction of sp³-hybridized carbons (Fsp3) is 0.333. The quantitative estimate of drug-likeness (QED) is 0.296. The lowest BCUT2D eigenvalue weighted by Crippen LogP contribution is -2.24. The summed E-state index contributed by atoms with van der Waals surface area (Å²) < 4.78 is 16.1. The molecule has 0 bridgehead atoms. The van der Waals surface area contributed by atoms with Crippen LogP contribution in [0.25, 0.3) is 10.9 Å². The fourth-order valence-corrected chi connectivity index (χ4v) is 4.56. The van der Waals surface area contributed by atoms with Crippen LogP contribution >= 0.6 is 15.9 Å². The van der Waals surface area contributed by atoms with Crippen molar-refractivity contribution in [3.05, 3.63) is 81.2 Å². The average Bonchev–Trinajstić information content (AvgIpc) is 3.25. The Bertz CT molecular complexity index is 1340. The maximum absolute atomic E-state index is 12.9. The number of ether oxygens (including phenoxy) is 2. The van der Waals surface area contributed by atoms with E-state index >= 15 is 0 Å². The molecule has 0 aliphatic carbocycles. The van der Waals surface area contributed by atoms with Gasteiger partial charge in [0.2, 0.25) is 0 Å². The minimum atomic E-state index is -0.746. The second kappa shape index (κ2) is 10.7. The number of benzene rings is 2. The number of aliphatic hydroxyl groups excluding tert-OH is 1. The number of fused-ring (bicyclic) bond motifs is 1. The molecule has 0 fully saturated rings. The lowest BCUT2D eigenvalue weighted by atomic mass is 10.1. The Kier molecular flexibility index (Phi) is 7.62. The van der Waals surface area contributed by atoms with Gasteiger partial charge in [0, 0.05) is 28.8 Å². The number of rotatable bonds is 9. The van der Waals surface area contributed by atoms with Gasteiger partial charge in [-0.15, -0.1) is 0 Å². The molecule has 2 aromatic heterocycles. The largest absolute Gasteiger partial charge is 0.491 e. The van der Waals surface area contributed by atoms with Gasteiger partial charge in [-0.2, -0.15) is 5.10 Å². The van der Waals surface area contributed by atoms with Crippen molar-refractivity contribution in [3.8, 4) is 5.75 Å². The zero-order valence-corrected chi connectivity index (χ0v) is 22.0. The average molecular weight is 540 g/mol. The molecule has 0 amide bonds. The number of hydrogen-bond acceptors (Lipinski definition) is 5. The highest BCUT2D eigenvalue weighted by atomic mass is 79.9. The molecular weight excluding hydrogens is 510 g/mol. The standard InChI is InChI=1S/C27H30BrN3O4/c1-5-34-27(33)25-18(3)30(14-20-9-7-6-8-10-20)24-12-11-22(13-23(24)25)35-16-21(32)15-31-19(4)26(28)17(2)29-31/h6-13,21,32H,5,14-16H2,1-4H3/t21-/m1/s1. The Labute approximate surface area is 213 Å². The van der Waals surface area contributed by atoms with Gasteiger partial charge in [-0.25, -0.2) is 4.79 Å². The monoisotopic (exact) mass is 539 g/mol. The topological polar surface area (TPSA) is 78.5 Å². The molecule has 35 heavy (non-hydrogen) atoms. The molecule has 2 heterocycles. The summed E-state index contributed by atoms with van der Waals surface area (Å²) >= 11 is 3.51. The van der Waals surface area contributed by atoms with Crippen LogP contribution in [0.15, 0.2) is 53.0 Å². The number of aromatic nitrogens is 3. The predicted octanol–water partition coefficient (Wildman–Crippen LogP) is 5.19. The van der Waals surface area contributed by atoms with Crippen molar-refractivity contribution < 1.29 is 19.4 Å². The van der Waals surface area contributed by atoms with E-state index in [1.54, 1.807) is 11.6 Å². The second-order valence-electron chi connectivity index (χ2n) is 8.56. The minimum absolute atomic E-state index is 0.0971. The second-order valence-corrected chi connectivity index (χ2v) is 9.36. The van der Waals surface area contributed by atoms with E-state index in [1.165, 1.54) is 0 Å². The molecule has 8 heteroatoms. The first-order chi connectivity index (χ1) is 16.8. The molecule has 7 nitrogen and oxygen atoms in total. The predicted molar refractivity (Wildman–Crippen MR) is 139 cm³/mol. The summed E-state index contributed by atoms with van der Waals surface area (Å²) in [6, 6.07) is 15.8. The van der Waals surface area contributed by atoms with Crippen molar-refractivity contribution in [1.82, 2.24) is 14.3 Å². The third-order valence-corrected chi connectivity index (χ3v) is 7.22. The van der Waals surface area contributed by atoms with E-state index in [1.807, 2.05) is 57.2 Å². The van der Waals surface area contributed by atoms with Gasteiger partial charge in [0.1, 0.15) is 18.5 Å². The number of carbonyl (C=O) groups is 1. The molecule has 184 valence electrons. The smallest absolute Gasteiger partial charge is 0.340 e. The molecule has 2 aromatic carbocycles. The van der Waals surface area contributed by atoms with E-state index in [-0.39, 0.29) is 12.6 Å². The Hall–Kier alpha value is -3.10. The number of halogens is 1. The summed E-state index contributed by atoms with van der Waals surface area (Å²) in [5, 5.41) is 15.8. The van der Waals surface area contributed by atoms with Gasteiger partial charge in [-0.3, -0.25) is 4.68 Å². The van der Waals surface area contributed by atoms with Crippen LogP contribution in [0.4, 0.5) is 0 Å². The summed E-state index contributed by atoms with van der Waals surface area (Å²) in [7, 11) is 0. The highest BCUT2D eigenvalue weighted by molar-refractivity contribution is 9.10. The highest BCUT2D eigenvalue weighted by Crippen LogP contribution is 2.31. The molecule has 4 rings (SSSR count). The number of aliphatic hydroxyl groups is 1. The number of nitrogens with zero attached hydrogens (tertiary/aromatic N) is 3.